The van der Waals surface area contributed by atoms with Gasteiger partial charge in [0, 0.05) is 12.8 Å². The van der Waals surface area contributed by atoms with Gasteiger partial charge in [-0.15, -0.1) is 0 Å². The van der Waals surface area contributed by atoms with Crippen LogP contribution in [-0.2, 0) is 32.7 Å². The Kier molecular flexibility index (Phi) is 35.7. The highest BCUT2D eigenvalue weighted by atomic mass is 31.2. The summed E-state index contributed by atoms with van der Waals surface area (Å²) in [5.74, 6) is -1.20. The van der Waals surface area contributed by atoms with Crippen LogP contribution >= 0.6 is 7.82 Å². The standard InChI is InChI=1S/C49H83O13P/c1-3-5-7-9-11-13-15-17-19-20-21-22-24-26-28-30-32-34-36-38-43(51)61-41(40-60-63(57,58)62-49-47(55)45(53)44(52)46(54)48(49)56)39-59-42(50)37-35-33-31-29-27-25-23-18-16-14-12-10-8-6-4-2/h5,7,11,13,17,19,21-22,26,28,32,34,41,44-49,52-56H,3-4,6,8-10,12,14-16,18,20,23-25,27,29-31,33,35-40H2,1-2H3,(H,57,58)/b7-5-,13-11-,19-17-,22-21-,28-26-,34-32-/t41-,44?,45-,46+,47-,48-,49?/m1/s1. The number of rotatable bonds is 38. The summed E-state index contributed by atoms with van der Waals surface area (Å²) in [5.41, 5.74) is 0. The van der Waals surface area contributed by atoms with E-state index in [-0.39, 0.29) is 12.8 Å². The van der Waals surface area contributed by atoms with E-state index in [0.717, 1.165) is 51.4 Å². The van der Waals surface area contributed by atoms with Gasteiger partial charge in [0.15, 0.2) is 6.10 Å². The van der Waals surface area contributed by atoms with Crippen molar-refractivity contribution in [2.45, 2.75) is 211 Å². The number of aliphatic hydroxyl groups is 5. The van der Waals surface area contributed by atoms with Crippen LogP contribution in [-0.4, -0.2) is 98.3 Å². The van der Waals surface area contributed by atoms with Crippen LogP contribution in [0.5, 0.6) is 0 Å². The SMILES string of the molecule is CC/C=C\C/C=C\C/C=C\C/C=C\C/C=C\C/C=C\CCC(=O)O[C@H](COC(=O)CCCCCCCCCCCCCCCCC)COP(=O)(O)OC1[C@H](O)[C@H](O)C(O)[C@H](O)[C@H]1O. The Morgan fingerprint density at radius 3 is 1.35 bits per heavy atom. The van der Waals surface area contributed by atoms with Crippen molar-refractivity contribution < 1.29 is 63.1 Å². The molecule has 0 aliphatic heterocycles. The van der Waals surface area contributed by atoms with Crippen molar-refractivity contribution in [3.8, 4) is 0 Å². The maximum absolute atomic E-state index is 12.8. The quantitative estimate of drug-likeness (QED) is 0.0148. The molecule has 0 aromatic carbocycles. The Hall–Kier alpha value is -2.71. The first-order valence-corrected chi connectivity index (χ1v) is 25.2. The number of esters is 2. The molecule has 1 rings (SSSR count). The number of allylic oxidation sites excluding steroid dienone is 12. The van der Waals surface area contributed by atoms with Gasteiger partial charge in [-0.2, -0.15) is 0 Å². The average Bonchev–Trinajstić information content (AvgIpc) is 3.26. The van der Waals surface area contributed by atoms with Gasteiger partial charge in [0.05, 0.1) is 6.61 Å². The molecule has 1 fully saturated rings. The minimum absolute atomic E-state index is 0.0302. The van der Waals surface area contributed by atoms with E-state index in [2.05, 4.69) is 68.5 Å². The van der Waals surface area contributed by atoms with Gasteiger partial charge in [0.2, 0.25) is 0 Å². The van der Waals surface area contributed by atoms with Crippen LogP contribution in [0.3, 0.4) is 0 Å². The second-order valence-electron chi connectivity index (χ2n) is 16.2. The highest BCUT2D eigenvalue weighted by Crippen LogP contribution is 2.47. The van der Waals surface area contributed by atoms with Crippen LogP contribution in [0.2, 0.25) is 0 Å². The molecule has 0 aromatic rings. The number of aliphatic hydroxyl groups excluding tert-OH is 5. The Labute approximate surface area is 378 Å². The first-order valence-electron chi connectivity index (χ1n) is 23.7. The van der Waals surface area contributed by atoms with Crippen LogP contribution in [0, 0.1) is 0 Å². The number of unbranched alkanes of at least 4 members (excludes halogenated alkanes) is 14. The molecule has 0 bridgehead atoms. The molecule has 1 aliphatic carbocycles. The van der Waals surface area contributed by atoms with Crippen molar-refractivity contribution in [1.82, 2.24) is 0 Å². The highest BCUT2D eigenvalue weighted by Gasteiger charge is 2.51. The maximum Gasteiger partial charge on any atom is 0.472 e. The summed E-state index contributed by atoms with van der Waals surface area (Å²) in [7, 11) is -5.14. The Balaban J connectivity index is 2.51. The molecule has 1 aliphatic rings. The second kappa shape index (κ2) is 38.5. The van der Waals surface area contributed by atoms with Gasteiger partial charge in [-0.25, -0.2) is 4.57 Å². The predicted octanol–water partition coefficient (Wildman–Crippen LogP) is 9.50. The number of carbonyl (C=O) groups is 2. The van der Waals surface area contributed by atoms with Gasteiger partial charge in [-0.1, -0.05) is 177 Å². The maximum atomic E-state index is 12.8. The first kappa shape index (κ1) is 58.3. The van der Waals surface area contributed by atoms with Gasteiger partial charge in [-0.05, 0) is 51.4 Å². The Bertz CT molecular complexity index is 1380. The number of hydrogen-bond acceptors (Lipinski definition) is 12. The molecule has 0 saturated heterocycles. The second-order valence-corrected chi connectivity index (χ2v) is 17.6. The van der Waals surface area contributed by atoms with E-state index in [1.807, 2.05) is 18.2 Å². The fraction of sp³-hybridized carbons (Fsp3) is 0.714. The normalized spacial score (nSPS) is 22.3. The summed E-state index contributed by atoms with van der Waals surface area (Å²) < 4.78 is 33.5. The van der Waals surface area contributed by atoms with Crippen LogP contribution in [0.25, 0.3) is 0 Å². The lowest BCUT2D eigenvalue weighted by molar-refractivity contribution is -0.220. The van der Waals surface area contributed by atoms with E-state index in [1.54, 1.807) is 0 Å². The molecule has 0 aromatic heterocycles. The summed E-state index contributed by atoms with van der Waals surface area (Å²) in [6, 6.07) is 0. The predicted molar refractivity (Wildman–Crippen MR) is 249 cm³/mol. The zero-order valence-corrected chi connectivity index (χ0v) is 39.2. The van der Waals surface area contributed by atoms with Gasteiger partial charge in [0.25, 0.3) is 0 Å². The van der Waals surface area contributed by atoms with E-state index in [9.17, 15) is 44.6 Å². The van der Waals surface area contributed by atoms with Gasteiger partial charge >= 0.3 is 19.8 Å². The molecule has 0 spiro atoms. The zero-order valence-electron chi connectivity index (χ0n) is 38.3. The first-order chi connectivity index (χ1) is 30.4. The summed E-state index contributed by atoms with van der Waals surface area (Å²) >= 11 is 0. The van der Waals surface area contributed by atoms with Gasteiger partial charge < -0.3 is 39.9 Å². The smallest absolute Gasteiger partial charge is 0.462 e. The molecule has 6 N–H and O–H groups in total. The third-order valence-corrected chi connectivity index (χ3v) is 11.6. The van der Waals surface area contributed by atoms with Crippen molar-refractivity contribution >= 4 is 19.8 Å². The molecule has 3 unspecified atom stereocenters. The number of phosphoric acid groups is 1. The van der Waals surface area contributed by atoms with Gasteiger partial charge in [-0.3, -0.25) is 18.6 Å². The molecule has 362 valence electrons. The molecular weight excluding hydrogens is 828 g/mol. The average molecular weight is 911 g/mol. The lowest BCUT2D eigenvalue weighted by atomic mass is 9.85. The van der Waals surface area contributed by atoms with Crippen molar-refractivity contribution in [2.75, 3.05) is 13.2 Å². The molecular formula is C49H83O13P. The molecule has 0 heterocycles. The van der Waals surface area contributed by atoms with E-state index in [1.165, 1.54) is 70.6 Å². The van der Waals surface area contributed by atoms with Crippen LogP contribution in [0.4, 0.5) is 0 Å². The number of phosphoric ester groups is 1. The zero-order chi connectivity index (χ0) is 46.4. The summed E-state index contributed by atoms with van der Waals surface area (Å²) in [4.78, 5) is 35.7. The van der Waals surface area contributed by atoms with Crippen LogP contribution in [0.1, 0.15) is 168 Å². The largest absolute Gasteiger partial charge is 0.472 e. The van der Waals surface area contributed by atoms with Crippen molar-refractivity contribution in [1.29, 1.82) is 0 Å². The molecule has 14 heteroatoms. The summed E-state index contributed by atoms with van der Waals surface area (Å²) in [6.45, 7) is 3.12. The third kappa shape index (κ3) is 31.0. The molecule has 63 heavy (non-hydrogen) atoms. The lowest BCUT2D eigenvalue weighted by Crippen LogP contribution is -2.64. The monoisotopic (exact) mass is 911 g/mol. The lowest BCUT2D eigenvalue weighted by Gasteiger charge is -2.41. The van der Waals surface area contributed by atoms with Crippen LogP contribution < -0.4 is 0 Å². The fourth-order valence-electron chi connectivity index (χ4n) is 6.78. The Morgan fingerprint density at radius 1 is 0.508 bits per heavy atom. The van der Waals surface area contributed by atoms with E-state index < -0.39 is 75.7 Å². The van der Waals surface area contributed by atoms with Gasteiger partial charge in [0.1, 0.15) is 43.2 Å². The molecule has 0 amide bonds. The number of carbonyl (C=O) groups excluding carboxylic acids is 2. The molecule has 13 nitrogen and oxygen atoms in total. The van der Waals surface area contributed by atoms with Crippen molar-refractivity contribution in [2.24, 2.45) is 0 Å². The van der Waals surface area contributed by atoms with E-state index >= 15 is 0 Å². The van der Waals surface area contributed by atoms with Crippen molar-refractivity contribution in [3.05, 3.63) is 72.9 Å². The topological polar surface area (TPSA) is 210 Å². The van der Waals surface area contributed by atoms with Crippen LogP contribution in [0.15, 0.2) is 72.9 Å². The number of ether oxygens (including phenoxy) is 2. The number of hydrogen-bond donors (Lipinski definition) is 6. The van der Waals surface area contributed by atoms with E-state index in [4.69, 9.17) is 18.5 Å². The molecule has 1 saturated carbocycles. The highest BCUT2D eigenvalue weighted by molar-refractivity contribution is 7.47. The molecule has 0 radical (unpaired) electrons. The minimum Gasteiger partial charge on any atom is -0.462 e. The Morgan fingerprint density at radius 2 is 0.905 bits per heavy atom. The third-order valence-electron chi connectivity index (χ3n) is 10.6. The van der Waals surface area contributed by atoms with Crippen molar-refractivity contribution in [3.63, 3.8) is 0 Å². The molecule has 8 atom stereocenters. The minimum atomic E-state index is -5.14. The summed E-state index contributed by atoms with van der Waals surface area (Å²) in [5, 5.41) is 50.2. The van der Waals surface area contributed by atoms with E-state index in [0.29, 0.717) is 19.3 Å². The fourth-order valence-corrected chi connectivity index (χ4v) is 7.76. The summed E-state index contributed by atoms with van der Waals surface area (Å²) in [6.07, 6.45) is 35.4.